The van der Waals surface area contributed by atoms with E-state index in [-0.39, 0.29) is 11.9 Å². The van der Waals surface area contributed by atoms with Crippen molar-refractivity contribution in [2.24, 2.45) is 0 Å². The molecule has 0 amide bonds. The molecular formula is C11H15FO. The highest BCUT2D eigenvalue weighted by atomic mass is 19.1. The van der Waals surface area contributed by atoms with Gasteiger partial charge < -0.3 is 5.11 Å². The fraction of sp³-hybridized carbons (Fsp3) is 0.455. The Morgan fingerprint density at radius 3 is 2.46 bits per heavy atom. The van der Waals surface area contributed by atoms with Crippen LogP contribution < -0.4 is 0 Å². The monoisotopic (exact) mass is 182 g/mol. The molecule has 0 aromatic heterocycles. The lowest BCUT2D eigenvalue weighted by atomic mass is 10.0. The van der Waals surface area contributed by atoms with Crippen molar-refractivity contribution >= 4 is 0 Å². The molecule has 1 atom stereocenters. The van der Waals surface area contributed by atoms with E-state index in [0.29, 0.717) is 6.42 Å². The van der Waals surface area contributed by atoms with Gasteiger partial charge in [-0.3, -0.25) is 0 Å². The molecule has 13 heavy (non-hydrogen) atoms. The first-order valence-electron chi connectivity index (χ1n) is 4.65. The van der Waals surface area contributed by atoms with Gasteiger partial charge in [-0.1, -0.05) is 25.5 Å². The quantitative estimate of drug-likeness (QED) is 0.758. The van der Waals surface area contributed by atoms with Crippen molar-refractivity contribution in [1.29, 1.82) is 0 Å². The molecule has 0 fully saturated rings. The summed E-state index contributed by atoms with van der Waals surface area (Å²) in [6.45, 7) is 2.04. The summed E-state index contributed by atoms with van der Waals surface area (Å²) >= 11 is 0. The topological polar surface area (TPSA) is 20.2 Å². The van der Waals surface area contributed by atoms with Crippen LogP contribution in [0.2, 0.25) is 0 Å². The first kappa shape index (κ1) is 10.2. The van der Waals surface area contributed by atoms with Crippen molar-refractivity contribution in [3.8, 4) is 0 Å². The zero-order chi connectivity index (χ0) is 9.68. The van der Waals surface area contributed by atoms with Crippen molar-refractivity contribution < 1.29 is 9.50 Å². The maximum Gasteiger partial charge on any atom is 0.123 e. The molecule has 0 spiro atoms. The number of benzene rings is 1. The summed E-state index contributed by atoms with van der Waals surface area (Å²) in [5, 5.41) is 9.48. The third-order valence-corrected chi connectivity index (χ3v) is 2.01. The minimum atomic E-state index is -0.296. The van der Waals surface area contributed by atoms with Gasteiger partial charge in [0.15, 0.2) is 0 Å². The van der Waals surface area contributed by atoms with Gasteiger partial charge >= 0.3 is 0 Å². The van der Waals surface area contributed by atoms with E-state index in [9.17, 15) is 9.50 Å². The van der Waals surface area contributed by atoms with E-state index < -0.39 is 0 Å². The van der Waals surface area contributed by atoms with E-state index in [4.69, 9.17) is 0 Å². The maximum atomic E-state index is 12.5. The highest BCUT2D eigenvalue weighted by molar-refractivity contribution is 5.16. The number of rotatable bonds is 4. The molecule has 1 aromatic carbocycles. The Morgan fingerprint density at radius 2 is 1.92 bits per heavy atom. The van der Waals surface area contributed by atoms with Gasteiger partial charge in [0, 0.05) is 0 Å². The van der Waals surface area contributed by atoms with Crippen LogP contribution in [0.5, 0.6) is 0 Å². The molecule has 1 nitrogen and oxygen atoms in total. The van der Waals surface area contributed by atoms with Crippen LogP contribution in [-0.4, -0.2) is 11.2 Å². The van der Waals surface area contributed by atoms with Crippen LogP contribution in [-0.2, 0) is 6.42 Å². The van der Waals surface area contributed by atoms with Gasteiger partial charge in [-0.05, 0) is 30.5 Å². The van der Waals surface area contributed by atoms with Crippen LogP contribution in [0.25, 0.3) is 0 Å². The lowest BCUT2D eigenvalue weighted by Crippen LogP contribution is -2.09. The van der Waals surface area contributed by atoms with Gasteiger partial charge in [-0.25, -0.2) is 4.39 Å². The van der Waals surface area contributed by atoms with E-state index in [1.807, 2.05) is 6.92 Å². The Balaban J connectivity index is 2.49. The zero-order valence-electron chi connectivity index (χ0n) is 7.83. The second-order valence-electron chi connectivity index (χ2n) is 3.27. The van der Waals surface area contributed by atoms with Crippen molar-refractivity contribution in [2.45, 2.75) is 32.3 Å². The molecule has 1 unspecified atom stereocenters. The van der Waals surface area contributed by atoms with Crippen LogP contribution in [0, 0.1) is 5.82 Å². The average molecular weight is 182 g/mol. The van der Waals surface area contributed by atoms with Gasteiger partial charge in [-0.15, -0.1) is 0 Å². The average Bonchev–Trinajstić information content (AvgIpc) is 2.09. The fourth-order valence-electron chi connectivity index (χ4n) is 1.33. The molecule has 0 saturated carbocycles. The number of aliphatic hydroxyl groups excluding tert-OH is 1. The first-order chi connectivity index (χ1) is 6.22. The van der Waals surface area contributed by atoms with Crippen molar-refractivity contribution in [2.75, 3.05) is 0 Å². The van der Waals surface area contributed by atoms with Crippen LogP contribution in [0.15, 0.2) is 24.3 Å². The molecule has 1 rings (SSSR count). The number of aliphatic hydroxyl groups is 1. The normalized spacial score (nSPS) is 12.8. The van der Waals surface area contributed by atoms with Crippen LogP contribution >= 0.6 is 0 Å². The second kappa shape index (κ2) is 4.97. The molecule has 0 bridgehead atoms. The van der Waals surface area contributed by atoms with Crippen LogP contribution in [0.1, 0.15) is 25.3 Å². The lowest BCUT2D eigenvalue weighted by molar-refractivity contribution is 0.164. The standard InChI is InChI=1S/C11H15FO/c1-2-3-11(13)8-9-4-6-10(12)7-5-9/h4-7,11,13H,2-3,8H2,1H3. The molecule has 0 aliphatic rings. The molecule has 72 valence electrons. The zero-order valence-corrected chi connectivity index (χ0v) is 7.83. The Hall–Kier alpha value is -0.890. The van der Waals surface area contributed by atoms with E-state index >= 15 is 0 Å². The molecule has 1 N–H and O–H groups in total. The highest BCUT2D eigenvalue weighted by Crippen LogP contribution is 2.08. The van der Waals surface area contributed by atoms with Gasteiger partial charge in [0.05, 0.1) is 6.10 Å². The molecule has 0 radical (unpaired) electrons. The Labute approximate surface area is 78.2 Å². The molecule has 2 heteroatoms. The minimum Gasteiger partial charge on any atom is -0.393 e. The largest absolute Gasteiger partial charge is 0.393 e. The molecule has 0 saturated heterocycles. The number of hydrogen-bond donors (Lipinski definition) is 1. The van der Waals surface area contributed by atoms with Gasteiger partial charge in [0.25, 0.3) is 0 Å². The highest BCUT2D eigenvalue weighted by Gasteiger charge is 2.03. The third kappa shape index (κ3) is 3.55. The molecule has 1 aromatic rings. The van der Waals surface area contributed by atoms with E-state index in [1.165, 1.54) is 12.1 Å². The summed E-state index contributed by atoms with van der Waals surface area (Å²) in [7, 11) is 0. The van der Waals surface area contributed by atoms with E-state index in [1.54, 1.807) is 12.1 Å². The summed E-state index contributed by atoms with van der Waals surface area (Å²) in [6.07, 6.45) is 2.10. The Bertz CT molecular complexity index is 243. The second-order valence-corrected chi connectivity index (χ2v) is 3.27. The predicted octanol–water partition coefficient (Wildman–Crippen LogP) is 2.53. The SMILES string of the molecule is CCCC(O)Cc1ccc(F)cc1. The molecule has 0 aliphatic heterocycles. The summed E-state index contributed by atoms with van der Waals surface area (Å²) in [5.74, 6) is -0.228. The van der Waals surface area contributed by atoms with Crippen molar-refractivity contribution in [1.82, 2.24) is 0 Å². The van der Waals surface area contributed by atoms with E-state index in [2.05, 4.69) is 0 Å². The van der Waals surface area contributed by atoms with Gasteiger partial charge in [0.2, 0.25) is 0 Å². The molecule has 0 aliphatic carbocycles. The van der Waals surface area contributed by atoms with Gasteiger partial charge in [0.1, 0.15) is 5.82 Å². The van der Waals surface area contributed by atoms with Crippen LogP contribution in [0.4, 0.5) is 4.39 Å². The number of halogens is 1. The summed E-state index contributed by atoms with van der Waals surface area (Å²) < 4.78 is 12.5. The van der Waals surface area contributed by atoms with E-state index in [0.717, 1.165) is 18.4 Å². The summed E-state index contributed by atoms with van der Waals surface area (Å²) in [5.41, 5.74) is 0.988. The predicted molar refractivity (Wildman–Crippen MR) is 51.0 cm³/mol. The summed E-state index contributed by atoms with van der Waals surface area (Å²) in [6, 6.07) is 6.28. The Morgan fingerprint density at radius 1 is 1.31 bits per heavy atom. The maximum absolute atomic E-state index is 12.5. The Kier molecular flexibility index (Phi) is 3.90. The first-order valence-corrected chi connectivity index (χ1v) is 4.65. The minimum absolute atomic E-state index is 0.228. The van der Waals surface area contributed by atoms with Crippen LogP contribution in [0.3, 0.4) is 0 Å². The summed E-state index contributed by atoms with van der Waals surface area (Å²) in [4.78, 5) is 0. The van der Waals surface area contributed by atoms with Gasteiger partial charge in [-0.2, -0.15) is 0 Å². The lowest BCUT2D eigenvalue weighted by Gasteiger charge is -2.08. The smallest absolute Gasteiger partial charge is 0.123 e. The van der Waals surface area contributed by atoms with Crippen molar-refractivity contribution in [3.05, 3.63) is 35.6 Å². The molecule has 0 heterocycles. The number of hydrogen-bond acceptors (Lipinski definition) is 1. The fourth-order valence-corrected chi connectivity index (χ4v) is 1.33. The molecular weight excluding hydrogens is 167 g/mol. The third-order valence-electron chi connectivity index (χ3n) is 2.01. The van der Waals surface area contributed by atoms with Crippen molar-refractivity contribution in [3.63, 3.8) is 0 Å².